The second kappa shape index (κ2) is 7.18. The Balaban J connectivity index is 1.45. The first-order valence-electron chi connectivity index (χ1n) is 9.24. The van der Waals surface area contributed by atoms with Crippen LogP contribution in [0.15, 0.2) is 24.5 Å². The van der Waals surface area contributed by atoms with Crippen LogP contribution in [-0.2, 0) is 4.74 Å². The topological polar surface area (TPSA) is 111 Å². The van der Waals surface area contributed by atoms with E-state index in [1.54, 1.807) is 17.5 Å². The molecule has 30 heavy (non-hydrogen) atoms. The summed E-state index contributed by atoms with van der Waals surface area (Å²) in [5, 5.41) is 14.0. The van der Waals surface area contributed by atoms with E-state index in [4.69, 9.17) is 16.3 Å². The summed E-state index contributed by atoms with van der Waals surface area (Å²) < 4.78 is 22.9. The number of hydrogen-bond donors (Lipinski definition) is 2. The third-order valence-corrected chi connectivity index (χ3v) is 4.91. The van der Waals surface area contributed by atoms with Crippen LogP contribution in [-0.4, -0.2) is 41.8 Å². The molecular weight excluding hydrogens is 415 g/mol. The Morgan fingerprint density at radius 1 is 1.33 bits per heavy atom. The number of anilines is 2. The molecule has 5 rings (SSSR count). The molecule has 0 spiro atoms. The van der Waals surface area contributed by atoms with Crippen molar-refractivity contribution in [2.75, 3.05) is 17.2 Å². The number of aromatic nitrogens is 6. The Hall–Kier alpha value is -3.31. The molecule has 2 N–H and O–H groups in total. The Labute approximate surface area is 174 Å². The molecule has 0 radical (unpaired) electrons. The number of halogens is 2. The number of ether oxygens (including phenoxy) is 1. The van der Waals surface area contributed by atoms with Crippen LogP contribution in [0.5, 0.6) is 0 Å². The van der Waals surface area contributed by atoms with Gasteiger partial charge in [0, 0.05) is 18.7 Å². The van der Waals surface area contributed by atoms with Crippen molar-refractivity contribution in [1.29, 1.82) is 0 Å². The van der Waals surface area contributed by atoms with Gasteiger partial charge in [-0.1, -0.05) is 11.6 Å². The molecule has 0 aliphatic carbocycles. The summed E-state index contributed by atoms with van der Waals surface area (Å²) in [5.41, 5.74) is 1.92. The molecule has 1 saturated heterocycles. The van der Waals surface area contributed by atoms with Gasteiger partial charge in [-0.2, -0.15) is 10.2 Å². The maximum absolute atomic E-state index is 14.2. The van der Waals surface area contributed by atoms with Crippen molar-refractivity contribution in [3.05, 3.63) is 47.0 Å². The number of hydrogen-bond acceptors (Lipinski definition) is 6. The van der Waals surface area contributed by atoms with Crippen LogP contribution < -0.4 is 10.6 Å². The summed E-state index contributed by atoms with van der Waals surface area (Å²) in [6, 6.07) is 2.23. The zero-order chi connectivity index (χ0) is 20.8. The molecular formula is C18H16ClFN8O2. The number of carbonyl (C=O) groups is 1. The van der Waals surface area contributed by atoms with E-state index >= 15 is 0 Å². The molecule has 5 heterocycles. The van der Waals surface area contributed by atoms with Gasteiger partial charge in [0.2, 0.25) is 0 Å². The van der Waals surface area contributed by atoms with Gasteiger partial charge in [-0.3, -0.25) is 0 Å². The molecule has 0 saturated carbocycles. The summed E-state index contributed by atoms with van der Waals surface area (Å²) in [6.07, 6.45) is 4.42. The highest BCUT2D eigenvalue weighted by molar-refractivity contribution is 6.29. The van der Waals surface area contributed by atoms with E-state index in [0.29, 0.717) is 29.5 Å². The van der Waals surface area contributed by atoms with E-state index < -0.39 is 11.8 Å². The predicted octanol–water partition coefficient (Wildman–Crippen LogP) is 3.37. The summed E-state index contributed by atoms with van der Waals surface area (Å²) in [4.78, 5) is 20.9. The summed E-state index contributed by atoms with van der Waals surface area (Å²) in [5.74, 6) is -0.170. The summed E-state index contributed by atoms with van der Waals surface area (Å²) in [7, 11) is 0. The van der Waals surface area contributed by atoms with Gasteiger partial charge in [0.15, 0.2) is 22.3 Å². The minimum absolute atomic E-state index is 0.0874. The molecule has 1 fully saturated rings. The highest BCUT2D eigenvalue weighted by Crippen LogP contribution is 2.33. The van der Waals surface area contributed by atoms with Gasteiger partial charge in [-0.15, -0.1) is 0 Å². The van der Waals surface area contributed by atoms with Crippen LogP contribution in [0.25, 0.3) is 11.3 Å². The first kappa shape index (κ1) is 18.7. The lowest BCUT2D eigenvalue weighted by molar-refractivity contribution is 0.107. The number of nitrogens with zero attached hydrogens (tertiary/aromatic N) is 6. The predicted molar refractivity (Wildman–Crippen MR) is 106 cm³/mol. The van der Waals surface area contributed by atoms with Gasteiger partial charge in [0.05, 0.1) is 29.5 Å². The molecule has 0 aromatic carbocycles. The van der Waals surface area contributed by atoms with Crippen molar-refractivity contribution in [2.24, 2.45) is 0 Å². The fraction of sp³-hybridized carbons (Fsp3) is 0.278. The fourth-order valence-corrected chi connectivity index (χ4v) is 3.70. The van der Waals surface area contributed by atoms with E-state index in [1.807, 2.05) is 0 Å². The second-order valence-corrected chi connectivity index (χ2v) is 7.27. The number of urea groups is 1. The molecule has 4 aromatic rings. The van der Waals surface area contributed by atoms with Gasteiger partial charge in [-0.25, -0.2) is 28.2 Å². The van der Waals surface area contributed by atoms with Crippen molar-refractivity contribution in [3.63, 3.8) is 0 Å². The number of carbonyl (C=O) groups excluding carboxylic acids is 1. The smallest absolute Gasteiger partial charge is 0.323 e. The van der Waals surface area contributed by atoms with Crippen LogP contribution in [0.4, 0.5) is 20.6 Å². The minimum atomic E-state index is -0.595. The average Bonchev–Trinajstić information content (AvgIpc) is 3.40. The van der Waals surface area contributed by atoms with Crippen molar-refractivity contribution >= 4 is 40.3 Å². The van der Waals surface area contributed by atoms with Crippen LogP contribution in [0, 0.1) is 12.7 Å². The highest BCUT2D eigenvalue weighted by atomic mass is 35.5. The van der Waals surface area contributed by atoms with Gasteiger partial charge in [0.25, 0.3) is 0 Å². The molecule has 1 aliphatic rings. The van der Waals surface area contributed by atoms with E-state index in [0.717, 1.165) is 12.8 Å². The Bertz CT molecular complexity index is 1280. The second-order valence-electron chi connectivity index (χ2n) is 6.88. The lowest BCUT2D eigenvalue weighted by Gasteiger charge is -2.17. The fourth-order valence-electron chi connectivity index (χ4n) is 3.53. The highest BCUT2D eigenvalue weighted by Gasteiger charge is 2.26. The van der Waals surface area contributed by atoms with Gasteiger partial charge >= 0.3 is 6.03 Å². The zero-order valence-electron chi connectivity index (χ0n) is 15.8. The van der Waals surface area contributed by atoms with E-state index in [1.165, 1.54) is 23.0 Å². The van der Waals surface area contributed by atoms with Gasteiger partial charge < -0.3 is 15.4 Å². The largest absolute Gasteiger partial charge is 0.372 e. The third kappa shape index (κ3) is 3.31. The molecule has 2 amide bonds. The number of pyridine rings is 1. The lowest BCUT2D eigenvalue weighted by Crippen LogP contribution is -2.22. The number of amides is 2. The van der Waals surface area contributed by atoms with E-state index in [2.05, 4.69) is 30.8 Å². The molecule has 1 atom stereocenters. The standard InChI is InChI=1S/C18H16ClFN8O2/c1-9-22-17-11(20)5-10(8-27(17)25-9)23-18(29)24-12-7-21-15-6-14(19)26-28(15)16(12)13-3-2-4-30-13/h5-8,13H,2-4H2,1H3,(H2,23,24,29). The molecule has 0 bridgehead atoms. The average molecular weight is 431 g/mol. The molecule has 10 nitrogen and oxygen atoms in total. The van der Waals surface area contributed by atoms with Crippen molar-refractivity contribution < 1.29 is 13.9 Å². The number of aryl methyl sites for hydroxylation is 1. The van der Waals surface area contributed by atoms with Crippen LogP contribution >= 0.6 is 11.6 Å². The Kier molecular flexibility index (Phi) is 4.48. The first-order chi connectivity index (χ1) is 14.5. The van der Waals surface area contributed by atoms with Crippen LogP contribution in [0.3, 0.4) is 0 Å². The molecule has 4 aromatic heterocycles. The SMILES string of the molecule is Cc1nc2c(F)cc(NC(=O)Nc3cnc4cc(Cl)nn4c3C3CCCO3)cn2n1. The maximum Gasteiger partial charge on any atom is 0.323 e. The van der Waals surface area contributed by atoms with E-state index in [9.17, 15) is 9.18 Å². The van der Waals surface area contributed by atoms with Crippen molar-refractivity contribution in [3.8, 4) is 0 Å². The first-order valence-corrected chi connectivity index (χ1v) is 9.62. The van der Waals surface area contributed by atoms with E-state index in [-0.39, 0.29) is 22.6 Å². The normalized spacial score (nSPS) is 16.4. The van der Waals surface area contributed by atoms with Crippen LogP contribution in [0.2, 0.25) is 5.15 Å². The summed E-state index contributed by atoms with van der Waals surface area (Å²) in [6.45, 7) is 2.27. The number of fused-ring (bicyclic) bond motifs is 2. The third-order valence-electron chi connectivity index (χ3n) is 4.73. The maximum atomic E-state index is 14.2. The molecule has 154 valence electrons. The molecule has 1 aliphatic heterocycles. The van der Waals surface area contributed by atoms with Crippen molar-refractivity contribution in [1.82, 2.24) is 29.2 Å². The Morgan fingerprint density at radius 3 is 3.00 bits per heavy atom. The number of rotatable bonds is 3. The zero-order valence-corrected chi connectivity index (χ0v) is 16.5. The quantitative estimate of drug-likeness (QED) is 0.515. The molecule has 12 heteroatoms. The monoisotopic (exact) mass is 430 g/mol. The van der Waals surface area contributed by atoms with Gasteiger partial charge in [-0.05, 0) is 19.8 Å². The minimum Gasteiger partial charge on any atom is -0.372 e. The Morgan fingerprint density at radius 2 is 2.20 bits per heavy atom. The lowest BCUT2D eigenvalue weighted by atomic mass is 10.1. The van der Waals surface area contributed by atoms with Crippen LogP contribution in [0.1, 0.15) is 30.5 Å². The van der Waals surface area contributed by atoms with Gasteiger partial charge in [0.1, 0.15) is 11.9 Å². The molecule has 1 unspecified atom stereocenters. The van der Waals surface area contributed by atoms with Crippen molar-refractivity contribution in [2.45, 2.75) is 25.9 Å². The summed E-state index contributed by atoms with van der Waals surface area (Å²) >= 11 is 6.03. The number of nitrogens with one attached hydrogen (secondary N) is 2.